The van der Waals surface area contributed by atoms with Gasteiger partial charge in [0.15, 0.2) is 6.04 Å². The van der Waals surface area contributed by atoms with E-state index in [0.717, 1.165) is 36.6 Å². The van der Waals surface area contributed by atoms with E-state index in [1.165, 1.54) is 4.90 Å². The third-order valence-electron chi connectivity index (χ3n) is 10.5. The average molecular weight is 699 g/mol. The van der Waals surface area contributed by atoms with Crippen LogP contribution in [0.3, 0.4) is 0 Å². The number of aryl methyl sites for hydroxylation is 1. The molecule has 4 aliphatic rings. The number of carbonyl (C=O) groups is 3. The number of amides is 3. The number of ether oxygens (including phenoxy) is 3. The Bertz CT molecular complexity index is 1780. The van der Waals surface area contributed by atoms with Crippen molar-refractivity contribution >= 4 is 38.6 Å². The Morgan fingerprint density at radius 2 is 1.96 bits per heavy atom. The normalized spacial score (nSPS) is 29.0. The molecule has 14 heteroatoms. The maximum absolute atomic E-state index is 14.2. The molecule has 1 aromatic heterocycles. The summed E-state index contributed by atoms with van der Waals surface area (Å²) in [6, 6.07) is 3.88. The van der Waals surface area contributed by atoms with Gasteiger partial charge in [0, 0.05) is 35.8 Å². The second-order valence-corrected chi connectivity index (χ2v) is 16.3. The number of aromatic nitrogens is 1. The van der Waals surface area contributed by atoms with Crippen LogP contribution < -0.4 is 30.0 Å². The molecule has 0 bridgehead atoms. The van der Waals surface area contributed by atoms with Gasteiger partial charge in [-0.1, -0.05) is 18.6 Å². The smallest absolute Gasteiger partial charge is 0.281 e. The summed E-state index contributed by atoms with van der Waals surface area (Å²) in [5.41, 5.74) is 4.18. The van der Waals surface area contributed by atoms with Crippen molar-refractivity contribution < 1.29 is 42.7 Å². The van der Waals surface area contributed by atoms with Gasteiger partial charge >= 0.3 is 0 Å². The second-order valence-electron chi connectivity index (χ2n) is 14.1. The van der Waals surface area contributed by atoms with Crippen molar-refractivity contribution in [2.75, 3.05) is 20.3 Å². The fraction of sp³-hybridized carbons (Fsp3) is 0.600. The summed E-state index contributed by atoms with van der Waals surface area (Å²) in [5.74, 6) is -0.376. The minimum absolute atomic E-state index is 0.126. The molecule has 2 aromatic rings. The van der Waals surface area contributed by atoms with Crippen molar-refractivity contribution in [2.45, 2.75) is 107 Å². The van der Waals surface area contributed by atoms with E-state index in [0.29, 0.717) is 48.8 Å². The van der Waals surface area contributed by atoms with E-state index < -0.39 is 50.3 Å². The third kappa shape index (κ3) is 6.81. The summed E-state index contributed by atoms with van der Waals surface area (Å²) in [6.07, 6.45) is 8.66. The molecule has 49 heavy (non-hydrogen) atoms. The first-order chi connectivity index (χ1) is 23.3. The molecular weight excluding hydrogens is 650 g/mol. The molecule has 266 valence electrons. The van der Waals surface area contributed by atoms with Crippen molar-refractivity contribution in [1.29, 1.82) is 0 Å². The number of allylic oxidation sites excluding steroid dienone is 1. The maximum Gasteiger partial charge on any atom is 0.281 e. The van der Waals surface area contributed by atoms with Gasteiger partial charge in [0.1, 0.15) is 29.2 Å². The summed E-state index contributed by atoms with van der Waals surface area (Å²) in [6.45, 7) is 5.90. The van der Waals surface area contributed by atoms with Crippen molar-refractivity contribution in [1.82, 2.24) is 19.9 Å². The molecule has 1 saturated heterocycles. The van der Waals surface area contributed by atoms with Gasteiger partial charge in [-0.3, -0.25) is 19.1 Å². The largest absolute Gasteiger partial charge is 0.496 e. The van der Waals surface area contributed by atoms with Crippen LogP contribution in [-0.2, 0) is 24.4 Å². The number of carbonyl (C=O) groups excluding carboxylic acids is 3. The Morgan fingerprint density at radius 1 is 1.18 bits per heavy atom. The number of fused-ring (bicyclic) bond motifs is 3. The Hall–Kier alpha value is -3.91. The van der Waals surface area contributed by atoms with Gasteiger partial charge in [-0.2, -0.15) is 0 Å². The van der Waals surface area contributed by atoms with Gasteiger partial charge in [-0.05, 0) is 71.4 Å². The topological polar surface area (TPSA) is 181 Å². The lowest BCUT2D eigenvalue weighted by molar-refractivity contribution is -0.407. The number of pyridine rings is 1. The van der Waals surface area contributed by atoms with Crippen LogP contribution in [0.2, 0.25) is 0 Å². The van der Waals surface area contributed by atoms with Gasteiger partial charge in [0.2, 0.25) is 21.8 Å². The van der Waals surface area contributed by atoms with Gasteiger partial charge in [0.25, 0.3) is 11.8 Å². The molecule has 5 N–H and O–H groups in total. The fourth-order valence-corrected chi connectivity index (χ4v) is 8.28. The van der Waals surface area contributed by atoms with E-state index in [1.807, 2.05) is 38.1 Å². The maximum atomic E-state index is 14.2. The molecule has 3 heterocycles. The highest BCUT2D eigenvalue weighted by molar-refractivity contribution is 7.91. The monoisotopic (exact) mass is 698 g/mol. The molecule has 5 atom stereocenters. The van der Waals surface area contributed by atoms with Crippen LogP contribution in [0.25, 0.3) is 10.9 Å². The van der Waals surface area contributed by atoms with E-state index in [9.17, 15) is 22.8 Å². The standard InChI is InChI=1S/C35H47N5O8S/c1-5-47-29-18-28(24-13-14-27(46-4)21(2)30(24)37-29)48-23-17-26-31(41)38-35(33(43)39-49(44,45)34(3)15-16-34)19-22(35)11-9-7-6-8-10-12-25(36)32(42)40(26)20-23/h9,11,13-14,18,22-23,25-26H,5-8,10,12,15-17,19-20,36H2,1-4H3,(H,38,41)(H,39,43)/p+1/b11-9-/t22?,23?,25-,26-,35+/m0/s1. The number of sulfonamides is 1. The quantitative estimate of drug-likeness (QED) is 0.349. The lowest BCUT2D eigenvalue weighted by Gasteiger charge is -2.27. The summed E-state index contributed by atoms with van der Waals surface area (Å²) < 4.78 is 45.2. The Labute approximate surface area is 287 Å². The number of benzene rings is 1. The molecule has 0 radical (unpaired) electrons. The molecule has 0 spiro atoms. The van der Waals surface area contributed by atoms with Crippen LogP contribution in [0.5, 0.6) is 17.4 Å². The van der Waals surface area contributed by atoms with E-state index in [-0.39, 0.29) is 31.2 Å². The SMILES string of the molecule is CCOc1cc(OC2C[C@H]3C(=O)N[C@]4(C(=O)NS(=O)(=O)C5(C)CC5)CC4/C=C\CCCCC[C@H]([NH3+])C(=O)N3C2)c2ccc(OC)c(C)c2n1. The number of nitrogens with one attached hydrogen (secondary N) is 2. The lowest BCUT2D eigenvalue weighted by atomic mass is 10.1. The fourth-order valence-electron chi connectivity index (χ4n) is 6.97. The predicted octanol–water partition coefficient (Wildman–Crippen LogP) is 2.30. The zero-order valence-corrected chi connectivity index (χ0v) is 29.6. The van der Waals surface area contributed by atoms with Crippen LogP contribution in [0, 0.1) is 12.8 Å². The van der Waals surface area contributed by atoms with Crippen LogP contribution in [0.15, 0.2) is 30.4 Å². The minimum Gasteiger partial charge on any atom is -0.496 e. The summed E-state index contributed by atoms with van der Waals surface area (Å²) in [4.78, 5) is 48.0. The second kappa shape index (κ2) is 13.4. The van der Waals surface area contributed by atoms with Gasteiger partial charge in [-0.15, -0.1) is 0 Å². The van der Waals surface area contributed by atoms with E-state index in [2.05, 4.69) is 20.8 Å². The zero-order valence-electron chi connectivity index (χ0n) is 28.8. The molecule has 13 nitrogen and oxygen atoms in total. The third-order valence-corrected chi connectivity index (χ3v) is 12.7. The molecule has 2 saturated carbocycles. The molecule has 2 aliphatic heterocycles. The van der Waals surface area contributed by atoms with E-state index in [1.54, 1.807) is 20.1 Å². The molecule has 3 amide bonds. The minimum atomic E-state index is -3.93. The van der Waals surface area contributed by atoms with Crippen molar-refractivity contribution in [3.63, 3.8) is 0 Å². The summed E-state index contributed by atoms with van der Waals surface area (Å²) in [5, 5.41) is 3.65. The molecule has 2 unspecified atom stereocenters. The molecule has 6 rings (SSSR count). The molecule has 3 fully saturated rings. The summed E-state index contributed by atoms with van der Waals surface area (Å²) >= 11 is 0. The average Bonchev–Trinajstić information content (AvgIpc) is 3.94. The van der Waals surface area contributed by atoms with Crippen molar-refractivity contribution in [3.05, 3.63) is 35.9 Å². The van der Waals surface area contributed by atoms with E-state index in [4.69, 9.17) is 14.2 Å². The lowest BCUT2D eigenvalue weighted by Crippen LogP contribution is -2.69. The molecular formula is C35H48N5O8S+. The number of hydrogen-bond acceptors (Lipinski definition) is 9. The first-order valence-corrected chi connectivity index (χ1v) is 18.8. The highest BCUT2D eigenvalue weighted by atomic mass is 32.2. The number of hydrogen-bond donors (Lipinski definition) is 3. The Balaban J connectivity index is 1.30. The van der Waals surface area contributed by atoms with Crippen LogP contribution in [-0.4, -0.2) is 84.8 Å². The first kappa shape index (κ1) is 34.9. The number of quaternary nitrogens is 1. The van der Waals surface area contributed by atoms with Gasteiger partial charge in [-0.25, -0.2) is 13.4 Å². The van der Waals surface area contributed by atoms with Crippen molar-refractivity contribution in [3.8, 4) is 17.4 Å². The highest BCUT2D eigenvalue weighted by Gasteiger charge is 2.63. The first-order valence-electron chi connectivity index (χ1n) is 17.3. The Kier molecular flexibility index (Phi) is 9.57. The zero-order chi connectivity index (χ0) is 35.1. The van der Waals surface area contributed by atoms with Crippen LogP contribution >= 0.6 is 0 Å². The molecule has 1 aromatic carbocycles. The van der Waals surface area contributed by atoms with E-state index >= 15 is 0 Å². The number of rotatable bonds is 8. The molecule has 2 aliphatic carbocycles. The predicted molar refractivity (Wildman–Crippen MR) is 181 cm³/mol. The highest BCUT2D eigenvalue weighted by Crippen LogP contribution is 2.47. The number of nitrogens with zero attached hydrogens (tertiary/aromatic N) is 2. The summed E-state index contributed by atoms with van der Waals surface area (Å²) in [7, 11) is -2.34. The van der Waals surface area contributed by atoms with Crippen LogP contribution in [0.1, 0.15) is 77.2 Å². The Morgan fingerprint density at radius 3 is 2.67 bits per heavy atom. The van der Waals surface area contributed by atoms with Crippen molar-refractivity contribution in [2.24, 2.45) is 5.92 Å². The van der Waals surface area contributed by atoms with Gasteiger partial charge < -0.3 is 30.2 Å². The number of methoxy groups -OCH3 is 1. The van der Waals surface area contributed by atoms with Gasteiger partial charge in [0.05, 0.1) is 30.5 Å². The van der Waals surface area contributed by atoms with Crippen LogP contribution in [0.4, 0.5) is 0 Å².